The molecule has 0 radical (unpaired) electrons. The standard InChI is InChI=1S/C20H17ClN4O2S/c1-11-18(25-9-12(21)4-7-17(25)22-11)14-10-28-19(24-14)23-13-5-6-15-16(8-13)27-20(2,3)26-15/h4-10H,1-3H3,(H,23,24). The first-order valence-corrected chi connectivity index (χ1v) is 10.0. The molecule has 4 heterocycles. The first-order valence-electron chi connectivity index (χ1n) is 8.77. The van der Waals surface area contributed by atoms with E-state index >= 15 is 0 Å². The highest BCUT2D eigenvalue weighted by atomic mass is 35.5. The summed E-state index contributed by atoms with van der Waals surface area (Å²) in [6.07, 6.45) is 1.86. The number of fused-ring (bicyclic) bond motifs is 2. The predicted molar refractivity (Wildman–Crippen MR) is 111 cm³/mol. The third-order valence-electron chi connectivity index (χ3n) is 4.41. The lowest BCUT2D eigenvalue weighted by atomic mass is 10.3. The molecule has 5 rings (SSSR count). The molecule has 1 aromatic carbocycles. The number of thiazole rings is 1. The zero-order chi connectivity index (χ0) is 19.5. The van der Waals surface area contributed by atoms with Crippen molar-refractivity contribution in [3.63, 3.8) is 0 Å². The highest BCUT2D eigenvalue weighted by molar-refractivity contribution is 7.14. The van der Waals surface area contributed by atoms with E-state index < -0.39 is 5.79 Å². The molecular weight excluding hydrogens is 396 g/mol. The number of nitrogens with one attached hydrogen (secondary N) is 1. The number of ether oxygens (including phenoxy) is 2. The minimum absolute atomic E-state index is 0.642. The summed E-state index contributed by atoms with van der Waals surface area (Å²) in [5.74, 6) is 0.824. The molecule has 8 heteroatoms. The Morgan fingerprint density at radius 3 is 2.79 bits per heavy atom. The zero-order valence-electron chi connectivity index (χ0n) is 15.5. The Bertz CT molecular complexity index is 1210. The third kappa shape index (κ3) is 2.96. The van der Waals surface area contributed by atoms with Crippen LogP contribution in [0.4, 0.5) is 10.8 Å². The fraction of sp³-hybridized carbons (Fsp3) is 0.200. The molecule has 0 fully saturated rings. The number of nitrogens with zero attached hydrogens (tertiary/aromatic N) is 3. The van der Waals surface area contributed by atoms with Gasteiger partial charge in [-0.2, -0.15) is 0 Å². The minimum atomic E-state index is -0.642. The van der Waals surface area contributed by atoms with Crippen molar-refractivity contribution in [1.29, 1.82) is 0 Å². The first kappa shape index (κ1) is 17.3. The molecule has 0 saturated carbocycles. The summed E-state index contributed by atoms with van der Waals surface area (Å²) in [7, 11) is 0. The zero-order valence-corrected chi connectivity index (χ0v) is 17.1. The molecule has 1 N–H and O–H groups in total. The average molecular weight is 413 g/mol. The van der Waals surface area contributed by atoms with E-state index in [0.29, 0.717) is 5.02 Å². The highest BCUT2D eigenvalue weighted by Gasteiger charge is 2.31. The number of aromatic nitrogens is 3. The average Bonchev–Trinajstić information content (AvgIpc) is 3.28. The number of hydrogen-bond acceptors (Lipinski definition) is 6. The van der Waals surface area contributed by atoms with Gasteiger partial charge in [0.2, 0.25) is 5.79 Å². The van der Waals surface area contributed by atoms with Crippen molar-refractivity contribution in [2.24, 2.45) is 0 Å². The second-order valence-corrected chi connectivity index (χ2v) is 8.34. The van der Waals surface area contributed by atoms with Crippen molar-refractivity contribution >= 4 is 39.4 Å². The fourth-order valence-corrected chi connectivity index (χ4v) is 4.18. The van der Waals surface area contributed by atoms with Crippen LogP contribution in [0.25, 0.3) is 17.0 Å². The van der Waals surface area contributed by atoms with Crippen molar-refractivity contribution < 1.29 is 9.47 Å². The van der Waals surface area contributed by atoms with E-state index in [9.17, 15) is 0 Å². The number of aryl methyl sites for hydroxylation is 1. The Morgan fingerprint density at radius 1 is 1.11 bits per heavy atom. The van der Waals surface area contributed by atoms with Crippen molar-refractivity contribution in [2.45, 2.75) is 26.6 Å². The monoisotopic (exact) mass is 412 g/mol. The molecule has 1 aliphatic rings. The molecule has 0 aliphatic carbocycles. The lowest BCUT2D eigenvalue weighted by molar-refractivity contribution is -0.0431. The topological polar surface area (TPSA) is 60.7 Å². The minimum Gasteiger partial charge on any atom is -0.449 e. The Kier molecular flexibility index (Phi) is 3.79. The molecule has 0 saturated heterocycles. The smallest absolute Gasteiger partial charge is 0.246 e. The van der Waals surface area contributed by atoms with Crippen molar-refractivity contribution in [3.05, 3.63) is 52.6 Å². The Balaban J connectivity index is 1.45. The summed E-state index contributed by atoms with van der Waals surface area (Å²) in [5, 5.41) is 6.79. The van der Waals surface area contributed by atoms with Crippen LogP contribution in [0.3, 0.4) is 0 Å². The Hall–Kier alpha value is -2.77. The molecule has 0 atom stereocenters. The molecule has 0 bridgehead atoms. The maximum absolute atomic E-state index is 6.17. The van der Waals surface area contributed by atoms with Gasteiger partial charge < -0.3 is 14.8 Å². The predicted octanol–water partition coefficient (Wildman–Crippen LogP) is 5.67. The van der Waals surface area contributed by atoms with Gasteiger partial charge in [0.15, 0.2) is 16.6 Å². The van der Waals surface area contributed by atoms with E-state index in [4.69, 9.17) is 26.1 Å². The number of hydrogen-bond donors (Lipinski definition) is 1. The van der Waals surface area contributed by atoms with Gasteiger partial charge in [0, 0.05) is 37.2 Å². The van der Waals surface area contributed by atoms with E-state index in [1.807, 2.05) is 67.1 Å². The second-order valence-electron chi connectivity index (χ2n) is 7.05. The molecule has 28 heavy (non-hydrogen) atoms. The molecular formula is C20H17ClN4O2S. The number of imidazole rings is 1. The number of rotatable bonds is 3. The van der Waals surface area contributed by atoms with Crippen LogP contribution in [0, 0.1) is 6.92 Å². The van der Waals surface area contributed by atoms with Crippen LogP contribution in [0.15, 0.2) is 41.9 Å². The molecule has 4 aromatic rings. The third-order valence-corrected chi connectivity index (χ3v) is 5.39. The molecule has 142 valence electrons. The Labute approximate surface area is 170 Å². The van der Waals surface area contributed by atoms with E-state index in [-0.39, 0.29) is 0 Å². The van der Waals surface area contributed by atoms with Gasteiger partial charge in [0.1, 0.15) is 11.3 Å². The largest absolute Gasteiger partial charge is 0.449 e. The molecule has 6 nitrogen and oxygen atoms in total. The summed E-state index contributed by atoms with van der Waals surface area (Å²) in [4.78, 5) is 9.34. The van der Waals surface area contributed by atoms with E-state index in [2.05, 4.69) is 10.3 Å². The highest BCUT2D eigenvalue weighted by Crippen LogP contribution is 2.41. The fourth-order valence-electron chi connectivity index (χ4n) is 3.31. The van der Waals surface area contributed by atoms with E-state index in [1.54, 1.807) is 0 Å². The molecule has 0 unspecified atom stereocenters. The molecule has 0 amide bonds. The Morgan fingerprint density at radius 2 is 1.93 bits per heavy atom. The van der Waals surface area contributed by atoms with Crippen LogP contribution in [0.5, 0.6) is 11.5 Å². The van der Waals surface area contributed by atoms with Crippen LogP contribution in [0.1, 0.15) is 19.5 Å². The van der Waals surface area contributed by atoms with Gasteiger partial charge in [-0.3, -0.25) is 4.40 Å². The lowest BCUT2D eigenvalue weighted by Gasteiger charge is -2.16. The maximum atomic E-state index is 6.17. The molecule has 1 aliphatic heterocycles. The molecule has 0 spiro atoms. The van der Waals surface area contributed by atoms with Gasteiger partial charge in [-0.15, -0.1) is 11.3 Å². The van der Waals surface area contributed by atoms with Crippen LogP contribution in [-0.2, 0) is 0 Å². The number of benzene rings is 1. The van der Waals surface area contributed by atoms with Gasteiger partial charge in [-0.05, 0) is 31.2 Å². The first-order chi connectivity index (χ1) is 13.4. The van der Waals surface area contributed by atoms with Crippen molar-refractivity contribution in [2.75, 3.05) is 5.32 Å². The summed E-state index contributed by atoms with van der Waals surface area (Å²) >= 11 is 7.69. The summed E-state index contributed by atoms with van der Waals surface area (Å²) in [6.45, 7) is 5.75. The van der Waals surface area contributed by atoms with Crippen LogP contribution in [0.2, 0.25) is 5.02 Å². The van der Waals surface area contributed by atoms with E-state index in [1.165, 1.54) is 11.3 Å². The normalized spacial score (nSPS) is 14.6. The summed E-state index contributed by atoms with van der Waals surface area (Å²) in [6, 6.07) is 9.51. The van der Waals surface area contributed by atoms with Crippen LogP contribution >= 0.6 is 22.9 Å². The van der Waals surface area contributed by atoms with Gasteiger partial charge in [0.05, 0.1) is 16.4 Å². The van der Waals surface area contributed by atoms with Gasteiger partial charge in [0.25, 0.3) is 0 Å². The quantitative estimate of drug-likeness (QED) is 0.469. The van der Waals surface area contributed by atoms with Gasteiger partial charge >= 0.3 is 0 Å². The van der Waals surface area contributed by atoms with Crippen molar-refractivity contribution in [3.8, 4) is 22.9 Å². The number of anilines is 2. The van der Waals surface area contributed by atoms with Gasteiger partial charge in [-0.25, -0.2) is 9.97 Å². The SMILES string of the molecule is Cc1nc2ccc(Cl)cn2c1-c1csc(Nc2ccc3c(c2)OC(C)(C)O3)n1. The number of pyridine rings is 1. The number of halogens is 1. The summed E-state index contributed by atoms with van der Waals surface area (Å²) in [5.41, 5.74) is 4.43. The summed E-state index contributed by atoms with van der Waals surface area (Å²) < 4.78 is 13.5. The maximum Gasteiger partial charge on any atom is 0.246 e. The lowest BCUT2D eigenvalue weighted by Crippen LogP contribution is -2.29. The van der Waals surface area contributed by atoms with E-state index in [0.717, 1.165) is 45.0 Å². The van der Waals surface area contributed by atoms with Crippen LogP contribution < -0.4 is 14.8 Å². The second kappa shape index (κ2) is 6.12. The molecule has 3 aromatic heterocycles. The van der Waals surface area contributed by atoms with Gasteiger partial charge in [-0.1, -0.05) is 11.6 Å². The van der Waals surface area contributed by atoms with Crippen molar-refractivity contribution in [1.82, 2.24) is 14.4 Å². The van der Waals surface area contributed by atoms with Crippen LogP contribution in [-0.4, -0.2) is 20.2 Å².